The van der Waals surface area contributed by atoms with Gasteiger partial charge in [-0.05, 0) is 6.08 Å². The quantitative estimate of drug-likeness (QED) is 0.0187. The molecule has 4 N–H and O–H groups in total. The van der Waals surface area contributed by atoms with E-state index in [0.717, 1.165) is 35.6 Å². The standard InChI is InChI=1S/2C10H19NO5S2.C9H17NO5S2.C7H13NO4S2.C5H11NO3S/c1-9(8-12)17-7-4-10(13)16-6-3-5-11-18(2,14)15;1-9(8-17-7-5-12)10(13)16-6-3-4-11-18(2,14)15;1-17(13,14)10-4-2-6-15-9(12)3-7-16-8-5-11;1-14(10,11)8-4-2-5-12-7(9)3-6-13;1-6(4-3-5-7)10(2,8)9/h5,9,12H,3-4,6-8H2,1-2H3;4,9,12H,3,5-8H2,1-2H3;4,11H,2-3,5-8H2,1H3;4,13H,2-3,5-6H2,1H3;3-4,7H,5H2,1-2H3/b;;;;4-3-. The SMILES string of the molecule is CC(CO)SCCC(=O)OCCC=NS(C)(=O)=O.CC(CSCCO)C(=O)OCCC=NS(C)(=O)=O.CN(/C=C\CO)S(C)(=O)=O.CS(=O)(=O)N=CCCOC(=O)CCS.CS(=O)(=O)N=CCCOC(=O)CCSCCO. The molecule has 2 unspecified atom stereocenters. The van der Waals surface area contributed by atoms with Gasteiger partial charge in [-0.15, -0.1) is 0 Å². The lowest BCUT2D eigenvalue weighted by atomic mass is 10.2. The van der Waals surface area contributed by atoms with Crippen molar-refractivity contribution in [3.05, 3.63) is 12.3 Å². The molecule has 2 atom stereocenters. The highest BCUT2D eigenvalue weighted by atomic mass is 32.2. The number of carbonyl (C=O) groups excluding carboxylic acids is 4. The first kappa shape index (κ1) is 82.9. The molecule has 0 heterocycles. The third kappa shape index (κ3) is 77.4. The second-order valence-corrected chi connectivity index (χ2v) is 27.9. The molecule has 36 heteroatoms. The van der Waals surface area contributed by atoms with Crippen LogP contribution >= 0.6 is 47.9 Å². The van der Waals surface area contributed by atoms with Gasteiger partial charge >= 0.3 is 23.9 Å². The molecule has 454 valence electrons. The normalized spacial score (nSPS) is 12.8. The third-order valence-corrected chi connectivity index (χ3v) is 13.9. The molecule has 77 heavy (non-hydrogen) atoms. The van der Waals surface area contributed by atoms with Crippen molar-refractivity contribution in [3.63, 3.8) is 0 Å². The van der Waals surface area contributed by atoms with Crippen LogP contribution in [0, 0.1) is 5.92 Å². The second kappa shape index (κ2) is 51.3. The van der Waals surface area contributed by atoms with Crippen LogP contribution in [-0.4, -0.2) is 247 Å². The number of aliphatic hydroxyl groups excluding tert-OH is 4. The van der Waals surface area contributed by atoms with Crippen LogP contribution in [-0.2, 0) is 88.2 Å². The van der Waals surface area contributed by atoms with Crippen molar-refractivity contribution in [2.45, 2.75) is 64.0 Å². The minimum Gasteiger partial charge on any atom is -0.465 e. The van der Waals surface area contributed by atoms with E-state index in [-0.39, 0.29) is 126 Å². The number of carbonyl (C=O) groups is 4. The highest BCUT2D eigenvalue weighted by Crippen LogP contribution is 2.11. The molecule has 0 aromatic rings. The van der Waals surface area contributed by atoms with E-state index >= 15 is 0 Å². The number of rotatable bonds is 36. The van der Waals surface area contributed by atoms with Crippen molar-refractivity contribution in [1.82, 2.24) is 4.31 Å². The van der Waals surface area contributed by atoms with E-state index in [1.165, 1.54) is 79.5 Å². The third-order valence-electron chi connectivity index (χ3n) is 7.00. The van der Waals surface area contributed by atoms with Crippen molar-refractivity contribution in [2.75, 3.05) is 126 Å². The Balaban J connectivity index is -0.000000284. The summed E-state index contributed by atoms with van der Waals surface area (Å²) in [5.74, 6) is 1.87. The first-order valence-electron chi connectivity index (χ1n) is 22.6. The van der Waals surface area contributed by atoms with Crippen LogP contribution in [0.5, 0.6) is 0 Å². The maximum absolute atomic E-state index is 11.4. The van der Waals surface area contributed by atoms with Crippen LogP contribution in [0.4, 0.5) is 0 Å². The summed E-state index contributed by atoms with van der Waals surface area (Å²) in [6.45, 7) is 4.26. The first-order chi connectivity index (χ1) is 35.6. The summed E-state index contributed by atoms with van der Waals surface area (Å²) >= 11 is 8.30. The Kier molecular flexibility index (Phi) is 55.2. The van der Waals surface area contributed by atoms with E-state index < -0.39 is 50.1 Å². The minimum atomic E-state index is -3.35. The molecule has 0 radical (unpaired) electrons. The molecular formula is C41H79N5O22S9. The van der Waals surface area contributed by atoms with Crippen molar-refractivity contribution in [2.24, 2.45) is 23.5 Å². The van der Waals surface area contributed by atoms with Crippen molar-refractivity contribution in [3.8, 4) is 0 Å². The number of aliphatic hydroxyl groups is 4. The van der Waals surface area contributed by atoms with Gasteiger partial charge in [-0.2, -0.15) is 65.5 Å². The van der Waals surface area contributed by atoms with Gasteiger partial charge in [0.05, 0.1) is 109 Å². The number of esters is 4. The zero-order valence-corrected chi connectivity index (χ0v) is 52.0. The number of hydrogen-bond donors (Lipinski definition) is 5. The van der Waals surface area contributed by atoms with Crippen LogP contribution in [0.1, 0.15) is 58.8 Å². The number of ether oxygens (including phenoxy) is 4. The van der Waals surface area contributed by atoms with Gasteiger partial charge in [-0.25, -0.2) is 42.1 Å². The predicted molar refractivity (Wildman–Crippen MR) is 309 cm³/mol. The Morgan fingerprint density at radius 1 is 0.558 bits per heavy atom. The summed E-state index contributed by atoms with van der Waals surface area (Å²) < 4.78 is 140. The summed E-state index contributed by atoms with van der Waals surface area (Å²) in [6.07, 6.45) is 14.5. The summed E-state index contributed by atoms with van der Waals surface area (Å²) in [7, 11) is -15.1. The fraction of sp³-hybridized carbons (Fsp3) is 0.756. The zero-order chi connectivity index (χ0) is 60.4. The van der Waals surface area contributed by atoms with Gasteiger partial charge in [0, 0.05) is 104 Å². The van der Waals surface area contributed by atoms with Crippen molar-refractivity contribution < 1.29 is 101 Å². The van der Waals surface area contributed by atoms with E-state index in [4.69, 9.17) is 39.4 Å². The van der Waals surface area contributed by atoms with Gasteiger partial charge in [0.15, 0.2) is 0 Å². The van der Waals surface area contributed by atoms with Gasteiger partial charge in [0.25, 0.3) is 0 Å². The zero-order valence-electron chi connectivity index (χ0n) is 44.6. The fourth-order valence-electron chi connectivity index (χ4n) is 3.51. The first-order valence-corrected chi connectivity index (χ1v) is 35.8. The molecule has 0 aliphatic carbocycles. The van der Waals surface area contributed by atoms with Gasteiger partial charge in [-0.3, -0.25) is 23.5 Å². The second-order valence-electron chi connectivity index (χ2n) is 14.8. The largest absolute Gasteiger partial charge is 0.465 e. The lowest BCUT2D eigenvalue weighted by molar-refractivity contribution is -0.147. The van der Waals surface area contributed by atoms with E-state index in [1.807, 2.05) is 6.92 Å². The van der Waals surface area contributed by atoms with Crippen LogP contribution in [0.3, 0.4) is 0 Å². The molecule has 0 amide bonds. The fourth-order valence-corrected chi connectivity index (χ4v) is 7.72. The van der Waals surface area contributed by atoms with E-state index in [0.29, 0.717) is 40.9 Å². The monoisotopic (exact) mass is 1280 g/mol. The van der Waals surface area contributed by atoms with E-state index in [9.17, 15) is 61.3 Å². The molecule has 0 aromatic heterocycles. The molecule has 0 saturated carbocycles. The predicted octanol–water partition coefficient (Wildman–Crippen LogP) is 0.485. The molecule has 0 aliphatic rings. The summed E-state index contributed by atoms with van der Waals surface area (Å²) in [4.78, 5) is 44.5. The maximum Gasteiger partial charge on any atom is 0.309 e. The van der Waals surface area contributed by atoms with Crippen LogP contribution in [0.2, 0.25) is 0 Å². The molecule has 0 rings (SSSR count). The Morgan fingerprint density at radius 2 is 0.922 bits per heavy atom. The highest BCUT2D eigenvalue weighted by Gasteiger charge is 2.14. The minimum absolute atomic E-state index is 0.0850. The molecule has 0 aromatic carbocycles. The number of thioether (sulfide) groups is 3. The molecule has 0 saturated heterocycles. The van der Waals surface area contributed by atoms with Crippen molar-refractivity contribution in [1.29, 1.82) is 0 Å². The van der Waals surface area contributed by atoms with Crippen LogP contribution in [0.25, 0.3) is 0 Å². The van der Waals surface area contributed by atoms with Gasteiger partial charge in [-0.1, -0.05) is 13.8 Å². The number of hydrogen-bond acceptors (Lipinski definition) is 26. The van der Waals surface area contributed by atoms with E-state index in [1.54, 1.807) is 6.92 Å². The summed E-state index contributed by atoms with van der Waals surface area (Å²) in [6, 6.07) is 0. The lowest BCUT2D eigenvalue weighted by Gasteiger charge is -2.09. The molecule has 0 spiro atoms. The lowest BCUT2D eigenvalue weighted by Crippen LogP contribution is -2.19. The Labute approximate surface area is 474 Å². The van der Waals surface area contributed by atoms with Gasteiger partial charge < -0.3 is 39.4 Å². The number of nitrogens with zero attached hydrogens (tertiary/aromatic N) is 5. The van der Waals surface area contributed by atoms with Gasteiger partial charge in [0.1, 0.15) is 0 Å². The average Bonchev–Trinajstić information content (AvgIpc) is 3.30. The number of sulfonamides is 5. The Morgan fingerprint density at radius 3 is 1.26 bits per heavy atom. The van der Waals surface area contributed by atoms with Gasteiger partial charge in [0.2, 0.25) is 50.1 Å². The molecule has 0 bridgehead atoms. The summed E-state index contributed by atoms with van der Waals surface area (Å²) in [5.41, 5.74) is 0. The molecule has 0 fully saturated rings. The van der Waals surface area contributed by atoms with Crippen LogP contribution in [0.15, 0.2) is 29.9 Å². The van der Waals surface area contributed by atoms with Crippen molar-refractivity contribution >= 4 is 147 Å². The topological polar surface area (TPSA) is 410 Å². The average molecular weight is 1280 g/mol. The smallest absolute Gasteiger partial charge is 0.309 e. The summed E-state index contributed by atoms with van der Waals surface area (Å²) in [5, 5.41) is 34.2. The molecule has 0 aliphatic heterocycles. The molecule has 27 nitrogen and oxygen atoms in total. The molecular weight excluding hydrogens is 1200 g/mol. The Bertz CT molecular complexity index is 2320. The number of thiol groups is 1. The van der Waals surface area contributed by atoms with E-state index in [2.05, 4.69) is 30.2 Å². The Hall–Kier alpha value is -2.91. The maximum atomic E-state index is 11.4. The van der Waals surface area contributed by atoms with Crippen LogP contribution < -0.4 is 0 Å². The highest BCUT2D eigenvalue weighted by molar-refractivity contribution is 8.00.